The van der Waals surface area contributed by atoms with E-state index in [0.717, 1.165) is 51.1 Å². The average molecular weight is 225 g/mol. The van der Waals surface area contributed by atoms with Gasteiger partial charge >= 0.3 is 0 Å². The van der Waals surface area contributed by atoms with E-state index in [-0.39, 0.29) is 0 Å². The van der Waals surface area contributed by atoms with Crippen LogP contribution < -0.4 is 5.32 Å². The molecule has 2 rings (SSSR count). The molecule has 0 bridgehead atoms. The number of nitrogens with one attached hydrogen (secondary N) is 1. The Kier molecular flexibility index (Phi) is 3.82. The number of hydrogen-bond acceptors (Lipinski definition) is 3. The fourth-order valence-corrected chi connectivity index (χ4v) is 2.37. The smallest absolute Gasteiger partial charge is 0.236 e. The highest BCUT2D eigenvalue weighted by Gasteiger charge is 2.31. The molecule has 2 aliphatic rings. The number of carbonyl (C=O) groups is 1. The Hall–Kier alpha value is -0.610. The number of nitrogens with zero attached hydrogens (tertiary/aromatic N) is 2. The SMILES string of the molecule is CC(C)C1CN(CC(=O)N2CCNCC2)C1. The first-order valence-corrected chi connectivity index (χ1v) is 6.37. The summed E-state index contributed by atoms with van der Waals surface area (Å²) in [6.07, 6.45) is 0. The zero-order valence-electron chi connectivity index (χ0n) is 10.4. The zero-order chi connectivity index (χ0) is 11.5. The third-order valence-electron chi connectivity index (χ3n) is 3.76. The lowest BCUT2D eigenvalue weighted by atomic mass is 9.88. The average Bonchev–Trinajstić information content (AvgIpc) is 2.23. The van der Waals surface area contributed by atoms with Crippen molar-refractivity contribution in [3.63, 3.8) is 0 Å². The van der Waals surface area contributed by atoms with E-state index in [1.54, 1.807) is 0 Å². The van der Waals surface area contributed by atoms with Crippen molar-refractivity contribution in [1.29, 1.82) is 0 Å². The quantitative estimate of drug-likeness (QED) is 0.735. The number of likely N-dealkylation sites (tertiary alicyclic amines) is 1. The summed E-state index contributed by atoms with van der Waals surface area (Å²) in [4.78, 5) is 16.2. The Morgan fingerprint density at radius 2 is 1.94 bits per heavy atom. The van der Waals surface area contributed by atoms with Gasteiger partial charge in [-0.3, -0.25) is 9.69 Å². The maximum absolute atomic E-state index is 11.9. The highest BCUT2D eigenvalue weighted by molar-refractivity contribution is 5.78. The van der Waals surface area contributed by atoms with E-state index in [0.29, 0.717) is 12.5 Å². The predicted octanol–water partition coefficient (Wildman–Crippen LogP) is 0.00600. The van der Waals surface area contributed by atoms with E-state index >= 15 is 0 Å². The van der Waals surface area contributed by atoms with Crippen LogP contribution in [0.25, 0.3) is 0 Å². The van der Waals surface area contributed by atoms with E-state index in [9.17, 15) is 4.79 Å². The van der Waals surface area contributed by atoms with Gasteiger partial charge in [-0.25, -0.2) is 0 Å². The molecule has 1 amide bonds. The van der Waals surface area contributed by atoms with Crippen LogP contribution >= 0.6 is 0 Å². The molecule has 4 heteroatoms. The molecule has 92 valence electrons. The summed E-state index contributed by atoms with van der Waals surface area (Å²) in [6.45, 7) is 11.0. The second-order valence-corrected chi connectivity index (χ2v) is 5.33. The molecule has 0 saturated carbocycles. The number of carbonyl (C=O) groups excluding carboxylic acids is 1. The van der Waals surface area contributed by atoms with E-state index in [2.05, 4.69) is 24.1 Å². The lowest BCUT2D eigenvalue weighted by molar-refractivity contribution is -0.135. The molecule has 0 aromatic heterocycles. The Morgan fingerprint density at radius 3 is 2.50 bits per heavy atom. The van der Waals surface area contributed by atoms with Crippen molar-refractivity contribution in [2.24, 2.45) is 11.8 Å². The molecule has 0 radical (unpaired) electrons. The van der Waals surface area contributed by atoms with Crippen LogP contribution in [0, 0.1) is 11.8 Å². The van der Waals surface area contributed by atoms with Gasteiger partial charge < -0.3 is 10.2 Å². The van der Waals surface area contributed by atoms with Crippen molar-refractivity contribution >= 4 is 5.91 Å². The molecule has 2 heterocycles. The van der Waals surface area contributed by atoms with Gasteiger partial charge in [0.15, 0.2) is 0 Å². The molecule has 0 aromatic carbocycles. The second kappa shape index (κ2) is 5.15. The molecular formula is C12H23N3O. The van der Waals surface area contributed by atoms with Crippen LogP contribution in [0.3, 0.4) is 0 Å². The Bertz CT molecular complexity index is 243. The van der Waals surface area contributed by atoms with Gasteiger partial charge in [0.05, 0.1) is 6.54 Å². The molecule has 1 N–H and O–H groups in total. The second-order valence-electron chi connectivity index (χ2n) is 5.33. The molecule has 16 heavy (non-hydrogen) atoms. The summed E-state index contributed by atoms with van der Waals surface area (Å²) in [6, 6.07) is 0. The normalized spacial score (nSPS) is 23.6. The van der Waals surface area contributed by atoms with Crippen molar-refractivity contribution in [2.45, 2.75) is 13.8 Å². The van der Waals surface area contributed by atoms with Crippen molar-refractivity contribution in [1.82, 2.24) is 15.1 Å². The first-order chi connectivity index (χ1) is 7.66. The van der Waals surface area contributed by atoms with E-state index in [1.807, 2.05) is 4.90 Å². The summed E-state index contributed by atoms with van der Waals surface area (Å²) < 4.78 is 0. The first-order valence-electron chi connectivity index (χ1n) is 6.37. The van der Waals surface area contributed by atoms with Crippen molar-refractivity contribution in [2.75, 3.05) is 45.8 Å². The minimum atomic E-state index is 0.309. The topological polar surface area (TPSA) is 35.6 Å². The third kappa shape index (κ3) is 2.74. The summed E-state index contributed by atoms with van der Waals surface area (Å²) in [5.74, 6) is 1.87. The van der Waals surface area contributed by atoms with Gasteiger partial charge in [-0.2, -0.15) is 0 Å². The fourth-order valence-electron chi connectivity index (χ4n) is 2.37. The van der Waals surface area contributed by atoms with Gasteiger partial charge in [-0.1, -0.05) is 13.8 Å². The predicted molar refractivity (Wildman–Crippen MR) is 64.2 cm³/mol. The van der Waals surface area contributed by atoms with E-state index < -0.39 is 0 Å². The van der Waals surface area contributed by atoms with Crippen molar-refractivity contribution in [3.05, 3.63) is 0 Å². The lowest BCUT2D eigenvalue weighted by Crippen LogP contribution is -2.55. The monoisotopic (exact) mass is 225 g/mol. The molecule has 0 spiro atoms. The zero-order valence-corrected chi connectivity index (χ0v) is 10.4. The van der Waals surface area contributed by atoms with Gasteiger partial charge in [0, 0.05) is 39.3 Å². The van der Waals surface area contributed by atoms with Crippen LogP contribution in [0.5, 0.6) is 0 Å². The van der Waals surface area contributed by atoms with Gasteiger partial charge in [0.25, 0.3) is 0 Å². The lowest BCUT2D eigenvalue weighted by Gasteiger charge is -2.42. The Morgan fingerprint density at radius 1 is 1.31 bits per heavy atom. The number of piperazine rings is 1. The molecule has 4 nitrogen and oxygen atoms in total. The molecule has 2 saturated heterocycles. The van der Waals surface area contributed by atoms with E-state index in [1.165, 1.54) is 0 Å². The molecule has 0 atom stereocenters. The summed E-state index contributed by atoms with van der Waals surface area (Å²) in [5.41, 5.74) is 0. The van der Waals surface area contributed by atoms with Crippen LogP contribution in [-0.4, -0.2) is 61.5 Å². The molecular weight excluding hydrogens is 202 g/mol. The van der Waals surface area contributed by atoms with Crippen LogP contribution in [0.4, 0.5) is 0 Å². The van der Waals surface area contributed by atoms with E-state index in [4.69, 9.17) is 0 Å². The number of hydrogen-bond donors (Lipinski definition) is 1. The minimum Gasteiger partial charge on any atom is -0.339 e. The molecule has 2 aliphatic heterocycles. The van der Waals surface area contributed by atoms with Gasteiger partial charge in [0.1, 0.15) is 0 Å². The highest BCUT2D eigenvalue weighted by Crippen LogP contribution is 2.22. The maximum Gasteiger partial charge on any atom is 0.236 e. The standard InChI is InChI=1S/C12H23N3O/c1-10(2)11-7-14(8-11)9-12(16)15-5-3-13-4-6-15/h10-11,13H,3-9H2,1-2H3. The van der Waals surface area contributed by atoms with Gasteiger partial charge in [-0.05, 0) is 11.8 Å². The molecule has 0 aromatic rings. The number of rotatable bonds is 3. The van der Waals surface area contributed by atoms with Gasteiger partial charge in [0.2, 0.25) is 5.91 Å². The Balaban J connectivity index is 1.68. The van der Waals surface area contributed by atoms with Crippen LogP contribution in [0.15, 0.2) is 0 Å². The third-order valence-corrected chi connectivity index (χ3v) is 3.76. The van der Waals surface area contributed by atoms with Crippen molar-refractivity contribution in [3.8, 4) is 0 Å². The summed E-state index contributed by atoms with van der Waals surface area (Å²) >= 11 is 0. The first kappa shape index (κ1) is 11.9. The largest absolute Gasteiger partial charge is 0.339 e. The molecule has 0 aliphatic carbocycles. The van der Waals surface area contributed by atoms with Gasteiger partial charge in [-0.15, -0.1) is 0 Å². The molecule has 2 fully saturated rings. The van der Waals surface area contributed by atoms with Crippen molar-refractivity contribution < 1.29 is 4.79 Å². The maximum atomic E-state index is 11.9. The van der Waals surface area contributed by atoms with Crippen LogP contribution in [0.1, 0.15) is 13.8 Å². The van der Waals surface area contributed by atoms with Crippen LogP contribution in [0.2, 0.25) is 0 Å². The number of amides is 1. The highest BCUT2D eigenvalue weighted by atomic mass is 16.2. The summed E-state index contributed by atoms with van der Waals surface area (Å²) in [5, 5.41) is 3.27. The molecule has 0 unspecified atom stereocenters. The fraction of sp³-hybridized carbons (Fsp3) is 0.917. The minimum absolute atomic E-state index is 0.309. The van der Waals surface area contributed by atoms with Crippen LogP contribution in [-0.2, 0) is 4.79 Å². The Labute approximate surface area is 98.0 Å². The summed E-state index contributed by atoms with van der Waals surface area (Å²) in [7, 11) is 0.